The Morgan fingerprint density at radius 1 is 1.10 bits per heavy atom. The molecule has 148 valence electrons. The van der Waals surface area contributed by atoms with Gasteiger partial charge in [-0.05, 0) is 73.1 Å². The van der Waals surface area contributed by atoms with E-state index in [4.69, 9.17) is 16.0 Å². The number of hydrogen-bond acceptors (Lipinski definition) is 4. The van der Waals surface area contributed by atoms with E-state index in [2.05, 4.69) is 4.57 Å². The van der Waals surface area contributed by atoms with Gasteiger partial charge >= 0.3 is 0 Å². The molecule has 5 nitrogen and oxygen atoms in total. The van der Waals surface area contributed by atoms with Gasteiger partial charge in [-0.15, -0.1) is 0 Å². The molecule has 1 saturated heterocycles. The molecule has 0 atom stereocenters. The molecule has 1 aromatic carbocycles. The number of thioether (sulfide) groups is 1. The van der Waals surface area contributed by atoms with E-state index in [1.807, 2.05) is 38.1 Å². The van der Waals surface area contributed by atoms with E-state index >= 15 is 0 Å². The lowest BCUT2D eigenvalue weighted by atomic mass is 10.2. The summed E-state index contributed by atoms with van der Waals surface area (Å²) < 4.78 is 7.57. The number of carbonyl (C=O) groups excluding carboxylic acids is 2. The van der Waals surface area contributed by atoms with Crippen molar-refractivity contribution in [3.8, 4) is 0 Å². The van der Waals surface area contributed by atoms with Crippen molar-refractivity contribution in [1.82, 2.24) is 9.47 Å². The Balaban J connectivity index is 1.57. The minimum atomic E-state index is -0.282. The van der Waals surface area contributed by atoms with E-state index in [0.29, 0.717) is 16.5 Å². The average Bonchev–Trinajstić information content (AvgIpc) is 3.35. The molecule has 7 heteroatoms. The molecule has 0 radical (unpaired) electrons. The molecule has 3 heterocycles. The first-order valence-electron chi connectivity index (χ1n) is 9.11. The van der Waals surface area contributed by atoms with Crippen LogP contribution in [0.15, 0.2) is 58.1 Å². The summed E-state index contributed by atoms with van der Waals surface area (Å²) in [6, 6.07) is 13.0. The lowest BCUT2D eigenvalue weighted by Gasteiger charge is -2.12. The Morgan fingerprint density at radius 2 is 1.93 bits per heavy atom. The molecule has 1 fully saturated rings. The summed E-state index contributed by atoms with van der Waals surface area (Å²) >= 11 is 6.98. The minimum Gasteiger partial charge on any atom is -0.467 e. The van der Waals surface area contributed by atoms with Crippen LogP contribution in [0.5, 0.6) is 0 Å². The van der Waals surface area contributed by atoms with Crippen LogP contribution in [0.1, 0.15) is 28.3 Å². The second-order valence-electron chi connectivity index (χ2n) is 6.89. The Kier molecular flexibility index (Phi) is 5.39. The molecular weight excluding hydrogens is 408 g/mol. The van der Waals surface area contributed by atoms with Gasteiger partial charge in [-0.1, -0.05) is 23.7 Å². The van der Waals surface area contributed by atoms with Crippen molar-refractivity contribution in [3.05, 3.63) is 86.9 Å². The minimum absolute atomic E-state index is 0.208. The molecule has 1 aliphatic heterocycles. The van der Waals surface area contributed by atoms with Gasteiger partial charge in [0.2, 0.25) is 0 Å². The normalized spacial score (nSPS) is 15.7. The van der Waals surface area contributed by atoms with E-state index in [1.165, 1.54) is 4.90 Å². The second kappa shape index (κ2) is 7.97. The third kappa shape index (κ3) is 4.04. The molecule has 0 N–H and O–H groups in total. The third-order valence-corrected chi connectivity index (χ3v) is 6.04. The summed E-state index contributed by atoms with van der Waals surface area (Å²) in [5, 5.41) is 0.305. The van der Waals surface area contributed by atoms with Gasteiger partial charge in [-0.25, -0.2) is 0 Å². The largest absolute Gasteiger partial charge is 0.467 e. The summed E-state index contributed by atoms with van der Waals surface area (Å²) in [6.45, 7) is 4.84. The Labute approximate surface area is 177 Å². The predicted molar refractivity (Wildman–Crippen MR) is 115 cm³/mol. The fourth-order valence-corrected chi connectivity index (χ4v) is 4.41. The highest BCUT2D eigenvalue weighted by atomic mass is 35.5. The van der Waals surface area contributed by atoms with Gasteiger partial charge in [0, 0.05) is 16.4 Å². The van der Waals surface area contributed by atoms with Crippen molar-refractivity contribution in [2.75, 3.05) is 0 Å². The molecule has 0 aliphatic carbocycles. The van der Waals surface area contributed by atoms with Crippen LogP contribution in [0.2, 0.25) is 5.02 Å². The van der Waals surface area contributed by atoms with Gasteiger partial charge in [0.1, 0.15) is 5.76 Å². The number of carbonyl (C=O) groups is 2. The van der Waals surface area contributed by atoms with Gasteiger partial charge < -0.3 is 8.98 Å². The first-order valence-corrected chi connectivity index (χ1v) is 10.3. The highest BCUT2D eigenvalue weighted by Crippen LogP contribution is 2.34. The molecule has 0 saturated carbocycles. The average molecular weight is 427 g/mol. The number of aromatic nitrogens is 1. The molecule has 2 aromatic heterocycles. The number of imide groups is 1. The number of amides is 2. The van der Waals surface area contributed by atoms with Crippen LogP contribution in [0.4, 0.5) is 4.79 Å². The molecule has 4 rings (SSSR count). The monoisotopic (exact) mass is 426 g/mol. The molecule has 3 aromatic rings. The number of halogens is 1. The Hall–Kier alpha value is -2.70. The van der Waals surface area contributed by atoms with Crippen LogP contribution >= 0.6 is 23.4 Å². The molecule has 1 aliphatic rings. The van der Waals surface area contributed by atoms with Gasteiger partial charge in [-0.3, -0.25) is 14.5 Å². The summed E-state index contributed by atoms with van der Waals surface area (Å²) in [5.41, 5.74) is 3.81. The molecule has 0 bridgehead atoms. The molecule has 0 unspecified atom stereocenters. The summed E-state index contributed by atoms with van der Waals surface area (Å²) in [4.78, 5) is 26.9. The quantitative estimate of drug-likeness (QED) is 0.495. The second-order valence-corrected chi connectivity index (χ2v) is 8.32. The number of furan rings is 1. The van der Waals surface area contributed by atoms with Gasteiger partial charge in [0.15, 0.2) is 0 Å². The van der Waals surface area contributed by atoms with Crippen LogP contribution in [0.3, 0.4) is 0 Å². The summed E-state index contributed by atoms with van der Waals surface area (Å²) in [5.74, 6) is 0.580. The Bertz CT molecular complexity index is 1120. The predicted octanol–water partition coefficient (Wildman–Crippen LogP) is 5.64. The summed E-state index contributed by atoms with van der Waals surface area (Å²) in [7, 11) is 0. The number of nitrogens with zero attached hydrogens (tertiary/aromatic N) is 2. The smallest absolute Gasteiger partial charge is 0.293 e. The van der Waals surface area contributed by atoms with Crippen molar-refractivity contribution in [2.45, 2.75) is 26.9 Å². The fourth-order valence-electron chi connectivity index (χ4n) is 3.37. The van der Waals surface area contributed by atoms with Gasteiger partial charge in [0.05, 0.1) is 24.3 Å². The maximum atomic E-state index is 12.8. The van der Waals surface area contributed by atoms with Crippen LogP contribution in [0.25, 0.3) is 6.08 Å². The number of aryl methyl sites for hydroxylation is 1. The van der Waals surface area contributed by atoms with E-state index in [9.17, 15) is 9.59 Å². The van der Waals surface area contributed by atoms with Gasteiger partial charge in [0.25, 0.3) is 11.1 Å². The lowest BCUT2D eigenvalue weighted by molar-refractivity contribution is -0.123. The van der Waals surface area contributed by atoms with Crippen LogP contribution in [-0.2, 0) is 17.9 Å². The van der Waals surface area contributed by atoms with Crippen molar-refractivity contribution in [3.63, 3.8) is 0 Å². The highest BCUT2D eigenvalue weighted by Gasteiger charge is 2.35. The van der Waals surface area contributed by atoms with E-state index in [-0.39, 0.29) is 17.7 Å². The zero-order valence-corrected chi connectivity index (χ0v) is 17.6. The Morgan fingerprint density at radius 3 is 2.66 bits per heavy atom. The van der Waals surface area contributed by atoms with Gasteiger partial charge in [-0.2, -0.15) is 0 Å². The van der Waals surface area contributed by atoms with Crippen molar-refractivity contribution in [1.29, 1.82) is 0 Å². The number of benzene rings is 1. The van der Waals surface area contributed by atoms with E-state index in [0.717, 1.165) is 40.0 Å². The van der Waals surface area contributed by atoms with Crippen LogP contribution in [0, 0.1) is 13.8 Å². The topological polar surface area (TPSA) is 55.5 Å². The van der Waals surface area contributed by atoms with E-state index < -0.39 is 0 Å². The fraction of sp³-hybridized carbons (Fsp3) is 0.182. The van der Waals surface area contributed by atoms with Crippen LogP contribution in [-0.4, -0.2) is 20.6 Å². The SMILES string of the molecule is Cc1cc(/C=C2\SC(=O)N(Cc3cccc(Cl)c3)C2=O)c(C)n1Cc1ccco1. The first kappa shape index (κ1) is 19.6. The van der Waals surface area contributed by atoms with Crippen molar-refractivity contribution >= 4 is 40.6 Å². The maximum absolute atomic E-state index is 12.8. The molecule has 2 amide bonds. The highest BCUT2D eigenvalue weighted by molar-refractivity contribution is 8.18. The first-order chi connectivity index (χ1) is 13.9. The van der Waals surface area contributed by atoms with Crippen LogP contribution < -0.4 is 0 Å². The summed E-state index contributed by atoms with van der Waals surface area (Å²) in [6.07, 6.45) is 3.45. The molecule has 0 spiro atoms. The van der Waals surface area contributed by atoms with Crippen molar-refractivity contribution < 1.29 is 14.0 Å². The van der Waals surface area contributed by atoms with E-state index in [1.54, 1.807) is 30.5 Å². The standard InChI is InChI=1S/C22H19ClN2O3S/c1-14-9-17(15(2)24(14)13-19-7-4-8-28-19)11-20-21(26)25(22(27)29-20)12-16-5-3-6-18(23)10-16/h3-11H,12-13H2,1-2H3/b20-11-. The molecular formula is C22H19ClN2O3S. The number of rotatable bonds is 5. The number of hydrogen-bond donors (Lipinski definition) is 0. The lowest BCUT2D eigenvalue weighted by Crippen LogP contribution is -2.27. The maximum Gasteiger partial charge on any atom is 0.293 e. The zero-order chi connectivity index (χ0) is 20.5. The molecule has 29 heavy (non-hydrogen) atoms. The van der Waals surface area contributed by atoms with Crippen molar-refractivity contribution in [2.24, 2.45) is 0 Å². The third-order valence-electron chi connectivity index (χ3n) is 4.90. The zero-order valence-electron chi connectivity index (χ0n) is 16.0.